The van der Waals surface area contributed by atoms with Gasteiger partial charge in [-0.15, -0.1) is 11.3 Å². The maximum atomic E-state index is 12.7. The number of nitrogens with zero attached hydrogens (tertiary/aromatic N) is 2. The molecule has 0 fully saturated rings. The highest BCUT2D eigenvalue weighted by Crippen LogP contribution is 2.22. The molecule has 5 heteroatoms. The van der Waals surface area contributed by atoms with Crippen molar-refractivity contribution in [3.63, 3.8) is 0 Å². The molecule has 2 aromatic heterocycles. The molecule has 0 saturated carbocycles. The molecule has 0 spiro atoms. The van der Waals surface area contributed by atoms with E-state index in [0.29, 0.717) is 12.1 Å². The van der Waals surface area contributed by atoms with Gasteiger partial charge in [0.1, 0.15) is 5.01 Å². The van der Waals surface area contributed by atoms with Gasteiger partial charge in [0.2, 0.25) is 0 Å². The van der Waals surface area contributed by atoms with Crippen LogP contribution in [-0.4, -0.2) is 15.9 Å². The van der Waals surface area contributed by atoms with Crippen LogP contribution in [0.5, 0.6) is 0 Å². The Hall–Kier alpha value is -3.05. The van der Waals surface area contributed by atoms with Crippen LogP contribution in [0.3, 0.4) is 0 Å². The van der Waals surface area contributed by atoms with Crippen molar-refractivity contribution in [2.75, 3.05) is 0 Å². The van der Waals surface area contributed by atoms with Gasteiger partial charge in [-0.1, -0.05) is 42.0 Å². The lowest BCUT2D eigenvalue weighted by Crippen LogP contribution is -2.24. The molecule has 2 heterocycles. The maximum Gasteiger partial charge on any atom is 0.253 e. The van der Waals surface area contributed by atoms with Crippen LogP contribution in [0.1, 0.15) is 26.6 Å². The van der Waals surface area contributed by atoms with Crippen molar-refractivity contribution in [1.29, 1.82) is 0 Å². The van der Waals surface area contributed by atoms with E-state index in [0.717, 1.165) is 38.4 Å². The maximum absolute atomic E-state index is 12.7. The lowest BCUT2D eigenvalue weighted by molar-refractivity contribution is 0.0950. The largest absolute Gasteiger partial charge is 0.345 e. The van der Waals surface area contributed by atoms with Crippen molar-refractivity contribution in [1.82, 2.24) is 15.3 Å². The Balaban J connectivity index is 1.51. The number of aromatic nitrogens is 2. The molecule has 0 atom stereocenters. The normalized spacial score (nSPS) is 10.9. The van der Waals surface area contributed by atoms with Gasteiger partial charge in [-0.2, -0.15) is 0 Å². The molecular formula is C22H19N3OS. The zero-order valence-corrected chi connectivity index (χ0v) is 16.0. The fourth-order valence-corrected chi connectivity index (χ4v) is 3.75. The summed E-state index contributed by atoms with van der Waals surface area (Å²) < 4.78 is 0. The van der Waals surface area contributed by atoms with Gasteiger partial charge in [0.05, 0.1) is 29.0 Å². The Morgan fingerprint density at radius 1 is 1.04 bits per heavy atom. The van der Waals surface area contributed by atoms with Crippen molar-refractivity contribution in [3.05, 3.63) is 81.8 Å². The molecule has 0 aliphatic rings. The second-order valence-corrected chi connectivity index (χ2v) is 7.44. The molecule has 0 bridgehead atoms. The Bertz CT molecular complexity index is 1120. The minimum atomic E-state index is -0.125. The van der Waals surface area contributed by atoms with E-state index < -0.39 is 0 Å². The molecule has 0 radical (unpaired) electrons. The van der Waals surface area contributed by atoms with E-state index >= 15 is 0 Å². The SMILES string of the molecule is Cc1ccc2nc(C)c(C(=O)NCc3nc(-c4ccccc4)cs3)cc2c1. The van der Waals surface area contributed by atoms with Gasteiger partial charge in [-0.3, -0.25) is 9.78 Å². The molecule has 1 N–H and O–H groups in total. The molecular weight excluding hydrogens is 354 g/mol. The first kappa shape index (κ1) is 17.4. The number of amides is 1. The zero-order chi connectivity index (χ0) is 18.8. The molecule has 0 aliphatic heterocycles. The van der Waals surface area contributed by atoms with Crippen molar-refractivity contribution in [3.8, 4) is 11.3 Å². The first-order valence-electron chi connectivity index (χ1n) is 8.76. The minimum Gasteiger partial charge on any atom is -0.345 e. The van der Waals surface area contributed by atoms with Gasteiger partial charge in [-0.05, 0) is 32.0 Å². The number of pyridine rings is 1. The van der Waals surface area contributed by atoms with Gasteiger partial charge in [0, 0.05) is 16.3 Å². The molecule has 27 heavy (non-hydrogen) atoms. The number of hydrogen-bond donors (Lipinski definition) is 1. The number of thiazole rings is 1. The van der Waals surface area contributed by atoms with Crippen molar-refractivity contribution < 1.29 is 4.79 Å². The Kier molecular flexibility index (Phi) is 4.69. The Morgan fingerprint density at radius 3 is 2.67 bits per heavy atom. The molecule has 0 aliphatic carbocycles. The van der Waals surface area contributed by atoms with Gasteiger partial charge in [-0.25, -0.2) is 4.98 Å². The average Bonchev–Trinajstić information content (AvgIpc) is 3.16. The van der Waals surface area contributed by atoms with Crippen LogP contribution >= 0.6 is 11.3 Å². The van der Waals surface area contributed by atoms with Gasteiger partial charge in [0.25, 0.3) is 5.91 Å². The fourth-order valence-electron chi connectivity index (χ4n) is 3.01. The van der Waals surface area contributed by atoms with Crippen molar-refractivity contribution in [2.45, 2.75) is 20.4 Å². The van der Waals surface area contributed by atoms with Crippen molar-refractivity contribution in [2.24, 2.45) is 0 Å². The number of aryl methyl sites for hydroxylation is 2. The van der Waals surface area contributed by atoms with E-state index in [9.17, 15) is 4.79 Å². The van der Waals surface area contributed by atoms with E-state index in [1.54, 1.807) is 11.3 Å². The van der Waals surface area contributed by atoms with E-state index in [4.69, 9.17) is 0 Å². The van der Waals surface area contributed by atoms with Crippen LogP contribution in [0.25, 0.3) is 22.2 Å². The summed E-state index contributed by atoms with van der Waals surface area (Å²) in [5, 5.41) is 6.84. The first-order valence-corrected chi connectivity index (χ1v) is 9.64. The molecule has 1 amide bonds. The number of fused-ring (bicyclic) bond motifs is 1. The van der Waals surface area contributed by atoms with Crippen LogP contribution < -0.4 is 5.32 Å². The second-order valence-electron chi connectivity index (χ2n) is 6.49. The highest BCUT2D eigenvalue weighted by Gasteiger charge is 2.13. The number of carbonyl (C=O) groups excluding carboxylic acids is 1. The van der Waals surface area contributed by atoms with Gasteiger partial charge >= 0.3 is 0 Å². The number of carbonyl (C=O) groups is 1. The summed E-state index contributed by atoms with van der Waals surface area (Å²) >= 11 is 1.55. The number of hydrogen-bond acceptors (Lipinski definition) is 4. The summed E-state index contributed by atoms with van der Waals surface area (Å²) in [6.07, 6.45) is 0. The quantitative estimate of drug-likeness (QED) is 0.553. The van der Waals surface area contributed by atoms with Gasteiger partial charge < -0.3 is 5.32 Å². The lowest BCUT2D eigenvalue weighted by atomic mass is 10.1. The predicted molar refractivity (Wildman–Crippen MR) is 110 cm³/mol. The smallest absolute Gasteiger partial charge is 0.253 e. The predicted octanol–water partition coefficient (Wildman–Crippen LogP) is 4.91. The summed E-state index contributed by atoms with van der Waals surface area (Å²) in [7, 11) is 0. The molecule has 4 nitrogen and oxygen atoms in total. The van der Waals surface area contributed by atoms with Gasteiger partial charge in [0.15, 0.2) is 0 Å². The zero-order valence-electron chi connectivity index (χ0n) is 15.2. The first-order chi connectivity index (χ1) is 13.1. The van der Waals surface area contributed by atoms with E-state index in [-0.39, 0.29) is 5.91 Å². The summed E-state index contributed by atoms with van der Waals surface area (Å²) in [4.78, 5) is 21.9. The standard InChI is InChI=1S/C22H19N3OS/c1-14-8-9-19-17(10-14)11-18(15(2)24-19)22(26)23-12-21-25-20(13-27-21)16-6-4-3-5-7-16/h3-11,13H,12H2,1-2H3,(H,23,26). The second kappa shape index (κ2) is 7.29. The summed E-state index contributed by atoms with van der Waals surface area (Å²) in [6, 6.07) is 18.0. The monoisotopic (exact) mass is 373 g/mol. The molecule has 0 unspecified atom stereocenters. The van der Waals surface area contributed by atoms with Crippen LogP contribution in [0, 0.1) is 13.8 Å². The Labute approximate surface area is 161 Å². The lowest BCUT2D eigenvalue weighted by Gasteiger charge is -2.08. The molecule has 2 aromatic carbocycles. The third-order valence-corrected chi connectivity index (χ3v) is 5.28. The van der Waals surface area contributed by atoms with Crippen LogP contribution in [0.15, 0.2) is 60.0 Å². The topological polar surface area (TPSA) is 54.9 Å². The minimum absolute atomic E-state index is 0.125. The molecule has 4 aromatic rings. The van der Waals surface area contributed by atoms with Crippen LogP contribution in [0.4, 0.5) is 0 Å². The highest BCUT2D eigenvalue weighted by atomic mass is 32.1. The van der Waals surface area contributed by atoms with E-state index in [1.165, 1.54) is 0 Å². The molecule has 0 saturated heterocycles. The highest BCUT2D eigenvalue weighted by molar-refractivity contribution is 7.09. The van der Waals surface area contributed by atoms with Crippen LogP contribution in [0.2, 0.25) is 0 Å². The third-order valence-electron chi connectivity index (χ3n) is 4.43. The fraction of sp³-hybridized carbons (Fsp3) is 0.136. The summed E-state index contributed by atoms with van der Waals surface area (Å²) in [6.45, 7) is 4.30. The number of rotatable bonds is 4. The Morgan fingerprint density at radius 2 is 1.85 bits per heavy atom. The molecule has 134 valence electrons. The number of nitrogens with one attached hydrogen (secondary N) is 1. The van der Waals surface area contributed by atoms with Crippen LogP contribution in [-0.2, 0) is 6.54 Å². The number of benzene rings is 2. The third kappa shape index (κ3) is 3.73. The van der Waals surface area contributed by atoms with E-state index in [1.807, 2.05) is 73.8 Å². The summed E-state index contributed by atoms with van der Waals surface area (Å²) in [5.74, 6) is -0.125. The van der Waals surface area contributed by atoms with Crippen molar-refractivity contribution >= 4 is 28.1 Å². The van der Waals surface area contributed by atoms with E-state index in [2.05, 4.69) is 15.3 Å². The average molecular weight is 373 g/mol. The summed E-state index contributed by atoms with van der Waals surface area (Å²) in [5.41, 5.74) is 5.40. The molecule has 4 rings (SSSR count).